The second-order valence-corrected chi connectivity index (χ2v) is 5.57. The van der Waals surface area contributed by atoms with E-state index in [-0.39, 0.29) is 0 Å². The van der Waals surface area contributed by atoms with Crippen LogP contribution in [0.5, 0.6) is 0 Å². The molecule has 2 aliphatic rings. The number of likely N-dealkylation sites (tertiary alicyclic amines) is 1. The number of benzene rings is 1. The Bertz CT molecular complexity index is 433. The summed E-state index contributed by atoms with van der Waals surface area (Å²) in [7, 11) is 0. The van der Waals surface area contributed by atoms with E-state index >= 15 is 0 Å². The number of fused-ring (bicyclic) bond motifs is 1. The Labute approximate surface area is 109 Å². The van der Waals surface area contributed by atoms with Gasteiger partial charge in [-0.15, -0.1) is 0 Å². The first kappa shape index (κ1) is 12.0. The lowest BCUT2D eigenvalue weighted by molar-refractivity contribution is 0.173. The van der Waals surface area contributed by atoms with Crippen LogP contribution in [0.3, 0.4) is 0 Å². The molecule has 0 spiro atoms. The Kier molecular flexibility index (Phi) is 3.27. The highest BCUT2D eigenvalue weighted by atomic mass is 16.3. The normalized spacial score (nSPS) is 27.2. The molecule has 0 radical (unpaired) electrons. The van der Waals surface area contributed by atoms with Gasteiger partial charge in [-0.3, -0.25) is 4.90 Å². The molecule has 0 bridgehead atoms. The van der Waals surface area contributed by atoms with Gasteiger partial charge in [-0.2, -0.15) is 0 Å². The van der Waals surface area contributed by atoms with Crippen LogP contribution in [0.4, 0.5) is 5.69 Å². The maximum atomic E-state index is 9.34. The zero-order valence-electron chi connectivity index (χ0n) is 11.0. The monoisotopic (exact) mass is 246 g/mol. The number of hydrogen-bond donors (Lipinski definition) is 2. The van der Waals surface area contributed by atoms with E-state index in [4.69, 9.17) is 0 Å². The highest BCUT2D eigenvalue weighted by Crippen LogP contribution is 2.31. The Morgan fingerprint density at radius 3 is 3.11 bits per heavy atom. The number of nitrogens with zero attached hydrogens (tertiary/aromatic N) is 1. The fourth-order valence-corrected chi connectivity index (χ4v) is 3.30. The molecule has 0 aromatic heterocycles. The van der Waals surface area contributed by atoms with Crippen molar-refractivity contribution >= 4 is 5.69 Å². The van der Waals surface area contributed by atoms with Gasteiger partial charge < -0.3 is 10.4 Å². The molecule has 2 atom stereocenters. The number of anilines is 1. The summed E-state index contributed by atoms with van der Waals surface area (Å²) < 4.78 is 0. The topological polar surface area (TPSA) is 35.5 Å². The zero-order chi connectivity index (χ0) is 12.5. The highest BCUT2D eigenvalue weighted by Gasteiger charge is 2.30. The Morgan fingerprint density at radius 1 is 1.44 bits per heavy atom. The molecule has 3 heteroatoms. The Hall–Kier alpha value is -1.06. The first-order chi connectivity index (χ1) is 8.79. The molecule has 18 heavy (non-hydrogen) atoms. The van der Waals surface area contributed by atoms with Crippen LogP contribution in [0.2, 0.25) is 0 Å². The fourth-order valence-electron chi connectivity index (χ4n) is 3.30. The maximum absolute atomic E-state index is 9.34. The van der Waals surface area contributed by atoms with Crippen molar-refractivity contribution < 1.29 is 5.11 Å². The molecule has 2 heterocycles. The van der Waals surface area contributed by atoms with E-state index in [1.54, 1.807) is 0 Å². The van der Waals surface area contributed by atoms with Crippen molar-refractivity contribution in [3.63, 3.8) is 0 Å². The molecular formula is C15H22N2O. The third-order valence-electron chi connectivity index (χ3n) is 4.59. The summed E-state index contributed by atoms with van der Waals surface area (Å²) in [4.78, 5) is 2.50. The second-order valence-electron chi connectivity index (χ2n) is 5.57. The van der Waals surface area contributed by atoms with Crippen molar-refractivity contribution in [1.29, 1.82) is 0 Å². The summed E-state index contributed by atoms with van der Waals surface area (Å²) in [5, 5.41) is 12.8. The van der Waals surface area contributed by atoms with Gasteiger partial charge in [0.2, 0.25) is 0 Å². The van der Waals surface area contributed by atoms with Gasteiger partial charge in [-0.05, 0) is 43.4 Å². The zero-order valence-corrected chi connectivity index (χ0v) is 11.0. The van der Waals surface area contributed by atoms with Gasteiger partial charge in [0.15, 0.2) is 0 Å². The molecule has 2 unspecified atom stereocenters. The lowest BCUT2D eigenvalue weighted by atomic mass is 10.0. The van der Waals surface area contributed by atoms with E-state index in [1.807, 2.05) is 0 Å². The first-order valence-electron chi connectivity index (χ1n) is 6.99. The molecule has 0 aliphatic carbocycles. The number of para-hydroxylation sites is 1. The number of hydrogen-bond acceptors (Lipinski definition) is 3. The molecule has 1 fully saturated rings. The standard InChI is InChI=1S/C15H22N2O/c1-11-14(10-18)6-8-17(11)9-13-4-2-3-12-5-7-16-15(12)13/h2-4,11,14,16,18H,5-10H2,1H3. The molecular weight excluding hydrogens is 224 g/mol. The minimum Gasteiger partial charge on any atom is -0.396 e. The summed E-state index contributed by atoms with van der Waals surface area (Å²) in [5.74, 6) is 0.453. The fraction of sp³-hybridized carbons (Fsp3) is 0.600. The number of nitrogens with one attached hydrogen (secondary N) is 1. The smallest absolute Gasteiger partial charge is 0.0474 e. The van der Waals surface area contributed by atoms with Gasteiger partial charge in [-0.1, -0.05) is 18.2 Å². The van der Waals surface area contributed by atoms with Crippen LogP contribution >= 0.6 is 0 Å². The predicted octanol–water partition coefficient (Wildman–Crippen LogP) is 1.86. The molecule has 2 aliphatic heterocycles. The Morgan fingerprint density at radius 2 is 2.33 bits per heavy atom. The first-order valence-corrected chi connectivity index (χ1v) is 6.99. The quantitative estimate of drug-likeness (QED) is 0.854. The van der Waals surface area contributed by atoms with Crippen LogP contribution < -0.4 is 5.32 Å². The molecule has 0 saturated carbocycles. The maximum Gasteiger partial charge on any atom is 0.0474 e. The second kappa shape index (κ2) is 4.90. The van der Waals surface area contributed by atoms with Gasteiger partial charge in [0, 0.05) is 31.4 Å². The number of rotatable bonds is 3. The van der Waals surface area contributed by atoms with Crippen LogP contribution in [-0.4, -0.2) is 35.7 Å². The Balaban J connectivity index is 1.76. The number of aliphatic hydroxyl groups excluding tert-OH is 1. The molecule has 1 saturated heterocycles. The molecule has 3 nitrogen and oxygen atoms in total. The van der Waals surface area contributed by atoms with Crippen LogP contribution in [-0.2, 0) is 13.0 Å². The van der Waals surface area contributed by atoms with Crippen LogP contribution in [0.1, 0.15) is 24.5 Å². The lowest BCUT2D eigenvalue weighted by Crippen LogP contribution is -2.30. The van der Waals surface area contributed by atoms with Gasteiger partial charge in [-0.25, -0.2) is 0 Å². The van der Waals surface area contributed by atoms with Gasteiger partial charge >= 0.3 is 0 Å². The average Bonchev–Trinajstić information content (AvgIpc) is 2.98. The van der Waals surface area contributed by atoms with Crippen molar-refractivity contribution in [2.45, 2.75) is 32.4 Å². The third kappa shape index (κ3) is 2.02. The summed E-state index contributed by atoms with van der Waals surface area (Å²) in [6, 6.07) is 7.12. The van der Waals surface area contributed by atoms with E-state index < -0.39 is 0 Å². The van der Waals surface area contributed by atoms with E-state index in [0.29, 0.717) is 18.6 Å². The van der Waals surface area contributed by atoms with Crippen LogP contribution in [0.25, 0.3) is 0 Å². The van der Waals surface area contributed by atoms with E-state index in [1.165, 1.54) is 16.8 Å². The van der Waals surface area contributed by atoms with Crippen molar-refractivity contribution in [3.05, 3.63) is 29.3 Å². The number of aliphatic hydroxyl groups is 1. The average molecular weight is 246 g/mol. The van der Waals surface area contributed by atoms with Crippen molar-refractivity contribution in [2.75, 3.05) is 25.0 Å². The molecule has 1 aromatic rings. The van der Waals surface area contributed by atoms with Crippen molar-refractivity contribution in [2.24, 2.45) is 5.92 Å². The largest absolute Gasteiger partial charge is 0.396 e. The minimum absolute atomic E-state index is 0.322. The summed E-state index contributed by atoms with van der Waals surface area (Å²) in [6.45, 7) is 5.75. The van der Waals surface area contributed by atoms with Gasteiger partial charge in [0.1, 0.15) is 0 Å². The van der Waals surface area contributed by atoms with E-state index in [9.17, 15) is 5.11 Å². The van der Waals surface area contributed by atoms with Crippen molar-refractivity contribution in [3.8, 4) is 0 Å². The van der Waals surface area contributed by atoms with Crippen LogP contribution in [0, 0.1) is 5.92 Å². The van der Waals surface area contributed by atoms with Crippen molar-refractivity contribution in [1.82, 2.24) is 4.90 Å². The van der Waals surface area contributed by atoms with Gasteiger partial charge in [0.25, 0.3) is 0 Å². The summed E-state index contributed by atoms with van der Waals surface area (Å²) in [6.07, 6.45) is 2.28. The van der Waals surface area contributed by atoms with Gasteiger partial charge in [0.05, 0.1) is 0 Å². The molecule has 3 rings (SSSR count). The highest BCUT2D eigenvalue weighted by molar-refractivity contribution is 5.61. The predicted molar refractivity (Wildman–Crippen MR) is 73.7 cm³/mol. The lowest BCUT2D eigenvalue weighted by Gasteiger charge is -2.24. The molecule has 2 N–H and O–H groups in total. The molecule has 0 amide bonds. The van der Waals surface area contributed by atoms with Crippen LogP contribution in [0.15, 0.2) is 18.2 Å². The molecule has 1 aromatic carbocycles. The summed E-state index contributed by atoms with van der Waals surface area (Å²) >= 11 is 0. The third-order valence-corrected chi connectivity index (χ3v) is 4.59. The SMILES string of the molecule is CC1C(CO)CCN1Cc1cccc2c1NCC2. The van der Waals surface area contributed by atoms with E-state index in [0.717, 1.165) is 32.5 Å². The molecule has 98 valence electrons. The minimum atomic E-state index is 0.322. The summed E-state index contributed by atoms with van der Waals surface area (Å²) in [5.41, 5.74) is 4.23. The van der Waals surface area contributed by atoms with E-state index in [2.05, 4.69) is 35.3 Å².